The molecule has 4 rings (SSSR count). The summed E-state index contributed by atoms with van der Waals surface area (Å²) in [6, 6.07) is 14.2. The van der Waals surface area contributed by atoms with Gasteiger partial charge >= 0.3 is 0 Å². The largest absolute Gasteiger partial charge is 0.497 e. The summed E-state index contributed by atoms with van der Waals surface area (Å²) in [6.45, 7) is 4.33. The predicted octanol–water partition coefficient (Wildman–Crippen LogP) is 3.46. The molecule has 2 aromatic carbocycles. The molecule has 0 spiro atoms. The Hall–Kier alpha value is -3.02. The van der Waals surface area contributed by atoms with Crippen molar-refractivity contribution >= 4 is 22.9 Å². The van der Waals surface area contributed by atoms with Gasteiger partial charge in [-0.3, -0.25) is 4.79 Å². The molecule has 0 aliphatic carbocycles. The first-order valence-electron chi connectivity index (χ1n) is 10.2. The van der Waals surface area contributed by atoms with Gasteiger partial charge in [0.1, 0.15) is 5.75 Å². The smallest absolute Gasteiger partial charge is 0.224 e. The molecular weight excluding hydrogens is 364 g/mol. The number of amides is 1. The van der Waals surface area contributed by atoms with Crippen LogP contribution in [0.4, 0.5) is 5.95 Å². The van der Waals surface area contributed by atoms with Gasteiger partial charge in [0, 0.05) is 19.6 Å². The van der Waals surface area contributed by atoms with Gasteiger partial charge in [0.25, 0.3) is 0 Å². The first kappa shape index (κ1) is 19.3. The number of H-pyrrole nitrogens is 1. The van der Waals surface area contributed by atoms with E-state index in [0.717, 1.165) is 54.1 Å². The number of nitrogens with zero attached hydrogens (tertiary/aromatic N) is 2. The number of methoxy groups -OCH3 is 1. The van der Waals surface area contributed by atoms with Crippen molar-refractivity contribution in [2.75, 3.05) is 31.6 Å². The fraction of sp³-hybridized carbons (Fsp3) is 0.391. The summed E-state index contributed by atoms with van der Waals surface area (Å²) < 4.78 is 5.26. The predicted molar refractivity (Wildman–Crippen MR) is 115 cm³/mol. The van der Waals surface area contributed by atoms with Crippen LogP contribution in [0, 0.1) is 12.8 Å². The number of aryl methyl sites for hydroxylation is 1. The highest BCUT2D eigenvalue weighted by molar-refractivity contribution is 5.80. The molecule has 6 nitrogen and oxygen atoms in total. The molecule has 0 radical (unpaired) electrons. The fourth-order valence-corrected chi connectivity index (χ4v) is 3.95. The topological polar surface area (TPSA) is 70.2 Å². The number of hydrogen-bond acceptors (Lipinski definition) is 4. The highest BCUT2D eigenvalue weighted by Crippen LogP contribution is 2.24. The van der Waals surface area contributed by atoms with Gasteiger partial charge < -0.3 is 19.9 Å². The van der Waals surface area contributed by atoms with Gasteiger partial charge in [-0.1, -0.05) is 18.2 Å². The molecule has 152 valence electrons. The molecule has 1 atom stereocenters. The maximum absolute atomic E-state index is 12.7. The Kier molecular flexibility index (Phi) is 5.69. The Morgan fingerprint density at radius 1 is 1.31 bits per heavy atom. The Morgan fingerprint density at radius 2 is 2.21 bits per heavy atom. The zero-order chi connectivity index (χ0) is 20.2. The molecule has 2 N–H and O–H groups in total. The summed E-state index contributed by atoms with van der Waals surface area (Å²) in [5.41, 5.74) is 4.38. The van der Waals surface area contributed by atoms with Crippen LogP contribution in [-0.2, 0) is 11.2 Å². The third-order valence-electron chi connectivity index (χ3n) is 5.56. The third-order valence-corrected chi connectivity index (χ3v) is 5.56. The minimum atomic E-state index is -0.0102. The van der Waals surface area contributed by atoms with E-state index < -0.39 is 0 Å². The standard InChI is InChI=1S/C23H28N4O2/c1-16-8-9-20-21(13-16)26-23(25-20)27-12-4-6-18(15-27)22(28)24-11-10-17-5-3-7-19(14-17)29-2/h3,5,7-9,13-14,18H,4,6,10-12,15H2,1-2H3,(H,24,28)(H,25,26). The maximum atomic E-state index is 12.7. The summed E-state index contributed by atoms with van der Waals surface area (Å²) in [5.74, 6) is 1.82. The van der Waals surface area contributed by atoms with Crippen molar-refractivity contribution in [1.29, 1.82) is 0 Å². The zero-order valence-corrected chi connectivity index (χ0v) is 17.1. The average Bonchev–Trinajstić information content (AvgIpc) is 3.17. The maximum Gasteiger partial charge on any atom is 0.224 e. The molecule has 6 heteroatoms. The van der Waals surface area contributed by atoms with Crippen molar-refractivity contribution in [2.45, 2.75) is 26.2 Å². The van der Waals surface area contributed by atoms with E-state index in [2.05, 4.69) is 40.3 Å². The van der Waals surface area contributed by atoms with Crippen LogP contribution in [0.25, 0.3) is 11.0 Å². The van der Waals surface area contributed by atoms with Crippen LogP contribution in [0.5, 0.6) is 5.75 Å². The molecule has 1 aliphatic rings. The number of fused-ring (bicyclic) bond motifs is 1. The van der Waals surface area contributed by atoms with E-state index in [9.17, 15) is 4.79 Å². The van der Waals surface area contributed by atoms with Crippen LogP contribution in [-0.4, -0.2) is 42.6 Å². The molecule has 29 heavy (non-hydrogen) atoms. The van der Waals surface area contributed by atoms with Gasteiger partial charge in [0.2, 0.25) is 11.9 Å². The van der Waals surface area contributed by atoms with Crippen molar-refractivity contribution in [3.63, 3.8) is 0 Å². The number of benzene rings is 2. The second-order valence-corrected chi connectivity index (χ2v) is 7.76. The van der Waals surface area contributed by atoms with Crippen LogP contribution in [0.2, 0.25) is 0 Å². The molecule has 1 amide bonds. The first-order chi connectivity index (χ1) is 14.1. The molecule has 2 heterocycles. The first-order valence-corrected chi connectivity index (χ1v) is 10.2. The van der Waals surface area contributed by atoms with Gasteiger partial charge in [-0.15, -0.1) is 0 Å². The SMILES string of the molecule is COc1cccc(CCNC(=O)C2CCCN(c3nc4ccc(C)cc4[nH]3)C2)c1. The van der Waals surface area contributed by atoms with Gasteiger partial charge in [0.05, 0.1) is 24.1 Å². The molecular formula is C23H28N4O2. The third kappa shape index (κ3) is 4.53. The Bertz CT molecular complexity index is 997. The van der Waals surface area contributed by atoms with Crippen LogP contribution in [0.15, 0.2) is 42.5 Å². The highest BCUT2D eigenvalue weighted by atomic mass is 16.5. The van der Waals surface area contributed by atoms with Crippen molar-refractivity contribution in [2.24, 2.45) is 5.92 Å². The fourth-order valence-electron chi connectivity index (χ4n) is 3.95. The Balaban J connectivity index is 1.34. The number of piperidine rings is 1. The number of carbonyl (C=O) groups excluding carboxylic acids is 1. The molecule has 3 aromatic rings. The second-order valence-electron chi connectivity index (χ2n) is 7.76. The lowest BCUT2D eigenvalue weighted by Gasteiger charge is -2.31. The van der Waals surface area contributed by atoms with E-state index in [4.69, 9.17) is 9.72 Å². The van der Waals surface area contributed by atoms with E-state index in [-0.39, 0.29) is 11.8 Å². The number of imidazole rings is 1. The van der Waals surface area contributed by atoms with Crippen LogP contribution < -0.4 is 15.0 Å². The van der Waals surface area contributed by atoms with E-state index in [1.54, 1.807) is 7.11 Å². The normalized spacial score (nSPS) is 16.8. The van der Waals surface area contributed by atoms with E-state index >= 15 is 0 Å². The molecule has 0 bridgehead atoms. The monoisotopic (exact) mass is 392 g/mol. The lowest BCUT2D eigenvalue weighted by molar-refractivity contribution is -0.125. The molecule has 1 fully saturated rings. The van der Waals surface area contributed by atoms with Crippen molar-refractivity contribution in [1.82, 2.24) is 15.3 Å². The Labute approximate surface area is 171 Å². The molecule has 1 aliphatic heterocycles. The number of hydrogen-bond donors (Lipinski definition) is 2. The van der Waals surface area contributed by atoms with Crippen molar-refractivity contribution < 1.29 is 9.53 Å². The zero-order valence-electron chi connectivity index (χ0n) is 17.1. The number of aromatic amines is 1. The summed E-state index contributed by atoms with van der Waals surface area (Å²) in [6.07, 6.45) is 2.70. The number of ether oxygens (including phenoxy) is 1. The summed E-state index contributed by atoms with van der Waals surface area (Å²) in [5, 5.41) is 3.11. The van der Waals surface area contributed by atoms with E-state index in [1.165, 1.54) is 5.56 Å². The molecule has 1 unspecified atom stereocenters. The Morgan fingerprint density at radius 3 is 3.07 bits per heavy atom. The van der Waals surface area contributed by atoms with Crippen LogP contribution >= 0.6 is 0 Å². The minimum Gasteiger partial charge on any atom is -0.497 e. The summed E-state index contributed by atoms with van der Waals surface area (Å²) in [4.78, 5) is 23.0. The average molecular weight is 393 g/mol. The van der Waals surface area contributed by atoms with E-state index in [1.807, 2.05) is 24.3 Å². The van der Waals surface area contributed by atoms with E-state index in [0.29, 0.717) is 13.1 Å². The second kappa shape index (κ2) is 8.55. The van der Waals surface area contributed by atoms with Gasteiger partial charge in [-0.05, 0) is 61.6 Å². The van der Waals surface area contributed by atoms with Gasteiger partial charge in [-0.2, -0.15) is 0 Å². The van der Waals surface area contributed by atoms with Crippen molar-refractivity contribution in [3.05, 3.63) is 53.6 Å². The molecule has 1 aromatic heterocycles. The lowest BCUT2D eigenvalue weighted by Crippen LogP contribution is -2.43. The molecule has 1 saturated heterocycles. The van der Waals surface area contributed by atoms with Gasteiger partial charge in [0.15, 0.2) is 0 Å². The highest BCUT2D eigenvalue weighted by Gasteiger charge is 2.27. The summed E-state index contributed by atoms with van der Waals surface area (Å²) in [7, 11) is 1.67. The van der Waals surface area contributed by atoms with Crippen LogP contribution in [0.1, 0.15) is 24.0 Å². The van der Waals surface area contributed by atoms with Crippen LogP contribution in [0.3, 0.4) is 0 Å². The number of aromatic nitrogens is 2. The summed E-state index contributed by atoms with van der Waals surface area (Å²) >= 11 is 0. The molecule has 0 saturated carbocycles. The quantitative estimate of drug-likeness (QED) is 0.674. The number of carbonyl (C=O) groups is 1. The number of anilines is 1. The lowest BCUT2D eigenvalue weighted by atomic mass is 9.97. The van der Waals surface area contributed by atoms with Gasteiger partial charge in [-0.25, -0.2) is 4.98 Å². The number of rotatable bonds is 6. The minimum absolute atomic E-state index is 0.0102. The number of nitrogens with one attached hydrogen (secondary N) is 2. The van der Waals surface area contributed by atoms with Crippen molar-refractivity contribution in [3.8, 4) is 5.75 Å².